The molecule has 1 aromatic carbocycles. The average molecular weight is 272 g/mol. The lowest BCUT2D eigenvalue weighted by Crippen LogP contribution is -2.22. The summed E-state index contributed by atoms with van der Waals surface area (Å²) in [6.07, 6.45) is 6.13. The Labute approximate surface area is 120 Å². The highest BCUT2D eigenvalue weighted by molar-refractivity contribution is 5.90. The first kappa shape index (κ1) is 13.5. The summed E-state index contributed by atoms with van der Waals surface area (Å²) in [5.74, 6) is 0.949. The molecule has 0 radical (unpaired) electrons. The van der Waals surface area contributed by atoms with Gasteiger partial charge in [-0.3, -0.25) is 0 Å². The number of ether oxygens (including phenoxy) is 1. The van der Waals surface area contributed by atoms with Crippen LogP contribution >= 0.6 is 0 Å². The summed E-state index contributed by atoms with van der Waals surface area (Å²) in [6, 6.07) is 6.83. The number of aromatic nitrogens is 1. The molecule has 0 amide bonds. The van der Waals surface area contributed by atoms with Gasteiger partial charge in [-0.25, -0.2) is 0 Å². The van der Waals surface area contributed by atoms with E-state index in [4.69, 9.17) is 4.74 Å². The summed E-state index contributed by atoms with van der Waals surface area (Å²) in [5, 5.41) is 5.05. The average Bonchev–Trinajstić information content (AvgIpc) is 2.73. The second-order valence-electron chi connectivity index (χ2n) is 5.65. The van der Waals surface area contributed by atoms with E-state index in [2.05, 4.69) is 29.4 Å². The summed E-state index contributed by atoms with van der Waals surface area (Å²) in [6.45, 7) is 3.31. The number of nitrogens with one attached hydrogen (secondary N) is 2. The molecule has 0 fully saturated rings. The zero-order chi connectivity index (χ0) is 13.9. The van der Waals surface area contributed by atoms with Crippen LogP contribution in [0.25, 0.3) is 10.9 Å². The largest absolute Gasteiger partial charge is 0.495 e. The van der Waals surface area contributed by atoms with Crippen LogP contribution < -0.4 is 10.1 Å². The van der Waals surface area contributed by atoms with Crippen molar-refractivity contribution in [1.29, 1.82) is 0 Å². The van der Waals surface area contributed by atoms with E-state index in [0.29, 0.717) is 6.04 Å². The van der Waals surface area contributed by atoms with Gasteiger partial charge in [0.1, 0.15) is 5.75 Å². The minimum absolute atomic E-state index is 0.480. The molecule has 1 aliphatic carbocycles. The van der Waals surface area contributed by atoms with Crippen LogP contribution in [-0.4, -0.2) is 18.6 Å². The third kappa shape index (κ3) is 2.31. The molecule has 1 atom stereocenters. The molecule has 3 rings (SSSR count). The third-order valence-electron chi connectivity index (χ3n) is 4.30. The molecule has 2 aromatic rings. The molecule has 108 valence electrons. The van der Waals surface area contributed by atoms with Gasteiger partial charge in [-0.2, -0.15) is 0 Å². The van der Waals surface area contributed by atoms with Gasteiger partial charge in [-0.15, -0.1) is 0 Å². The molecule has 1 heterocycles. The second kappa shape index (κ2) is 5.88. The molecule has 0 spiro atoms. The number of hydrogen-bond acceptors (Lipinski definition) is 2. The van der Waals surface area contributed by atoms with Crippen LogP contribution in [0.3, 0.4) is 0 Å². The minimum atomic E-state index is 0.480. The molecule has 20 heavy (non-hydrogen) atoms. The van der Waals surface area contributed by atoms with Gasteiger partial charge in [0, 0.05) is 17.1 Å². The first-order valence-corrected chi connectivity index (χ1v) is 7.76. The van der Waals surface area contributed by atoms with Gasteiger partial charge < -0.3 is 15.0 Å². The SMILES string of the molecule is CCCNC1CCCCc2[nH]c3c(OC)cccc3c21. The van der Waals surface area contributed by atoms with Crippen LogP contribution in [0.4, 0.5) is 0 Å². The summed E-state index contributed by atoms with van der Waals surface area (Å²) in [4.78, 5) is 3.62. The molecule has 1 aliphatic rings. The van der Waals surface area contributed by atoms with Crippen LogP contribution in [0.15, 0.2) is 18.2 Å². The predicted molar refractivity (Wildman–Crippen MR) is 83.4 cm³/mol. The molecular formula is C17H24N2O. The first-order chi connectivity index (χ1) is 9.85. The first-order valence-electron chi connectivity index (χ1n) is 7.76. The number of methoxy groups -OCH3 is 1. The van der Waals surface area contributed by atoms with Gasteiger partial charge in [0.25, 0.3) is 0 Å². The fourth-order valence-electron chi connectivity index (χ4n) is 3.35. The fourth-order valence-corrected chi connectivity index (χ4v) is 3.35. The zero-order valence-corrected chi connectivity index (χ0v) is 12.5. The third-order valence-corrected chi connectivity index (χ3v) is 4.30. The lowest BCUT2D eigenvalue weighted by Gasteiger charge is -2.17. The normalized spacial score (nSPS) is 18.8. The highest BCUT2D eigenvalue weighted by atomic mass is 16.5. The van der Waals surface area contributed by atoms with Crippen molar-refractivity contribution in [3.63, 3.8) is 0 Å². The molecule has 1 aromatic heterocycles. The van der Waals surface area contributed by atoms with Gasteiger partial charge >= 0.3 is 0 Å². The maximum absolute atomic E-state index is 5.50. The Balaban J connectivity index is 2.10. The molecule has 3 nitrogen and oxygen atoms in total. The van der Waals surface area contributed by atoms with Crippen molar-refractivity contribution in [2.24, 2.45) is 0 Å². The number of para-hydroxylation sites is 1. The molecular weight excluding hydrogens is 248 g/mol. The van der Waals surface area contributed by atoms with E-state index in [-0.39, 0.29) is 0 Å². The lowest BCUT2D eigenvalue weighted by molar-refractivity contribution is 0.419. The zero-order valence-electron chi connectivity index (χ0n) is 12.5. The monoisotopic (exact) mass is 272 g/mol. The molecule has 0 bridgehead atoms. The molecule has 0 aliphatic heterocycles. The Morgan fingerprint density at radius 3 is 3.05 bits per heavy atom. The lowest BCUT2D eigenvalue weighted by atomic mass is 10.0. The number of hydrogen-bond donors (Lipinski definition) is 2. The summed E-state index contributed by atoms with van der Waals surface area (Å²) in [7, 11) is 1.74. The fraction of sp³-hybridized carbons (Fsp3) is 0.529. The molecule has 3 heteroatoms. The molecule has 2 N–H and O–H groups in total. The Bertz CT molecular complexity index is 588. The number of rotatable bonds is 4. The number of H-pyrrole nitrogens is 1. The van der Waals surface area contributed by atoms with Crippen LogP contribution in [0.2, 0.25) is 0 Å². The smallest absolute Gasteiger partial charge is 0.142 e. The Hall–Kier alpha value is -1.48. The topological polar surface area (TPSA) is 37.0 Å². The van der Waals surface area contributed by atoms with Crippen molar-refractivity contribution in [3.8, 4) is 5.75 Å². The van der Waals surface area contributed by atoms with Crippen molar-refractivity contribution in [3.05, 3.63) is 29.5 Å². The quantitative estimate of drug-likeness (QED) is 0.827. The maximum Gasteiger partial charge on any atom is 0.142 e. The molecule has 0 saturated heterocycles. The molecule has 0 saturated carbocycles. The number of benzene rings is 1. The van der Waals surface area contributed by atoms with Crippen molar-refractivity contribution >= 4 is 10.9 Å². The van der Waals surface area contributed by atoms with Crippen molar-refractivity contribution in [1.82, 2.24) is 10.3 Å². The van der Waals surface area contributed by atoms with Crippen LogP contribution in [0.1, 0.15) is 49.9 Å². The van der Waals surface area contributed by atoms with Crippen LogP contribution in [-0.2, 0) is 6.42 Å². The van der Waals surface area contributed by atoms with Gasteiger partial charge in [-0.05, 0) is 43.9 Å². The van der Waals surface area contributed by atoms with Crippen LogP contribution in [0.5, 0.6) is 5.75 Å². The number of aryl methyl sites for hydroxylation is 1. The predicted octanol–water partition coefficient (Wildman–Crippen LogP) is 3.94. The summed E-state index contributed by atoms with van der Waals surface area (Å²) < 4.78 is 5.50. The van der Waals surface area contributed by atoms with E-state index >= 15 is 0 Å². The van der Waals surface area contributed by atoms with E-state index in [9.17, 15) is 0 Å². The highest BCUT2D eigenvalue weighted by Crippen LogP contribution is 2.37. The van der Waals surface area contributed by atoms with E-state index < -0.39 is 0 Å². The summed E-state index contributed by atoms with van der Waals surface area (Å²) >= 11 is 0. The van der Waals surface area contributed by atoms with Gasteiger partial charge in [0.15, 0.2) is 0 Å². The van der Waals surface area contributed by atoms with E-state index in [1.165, 1.54) is 42.3 Å². The van der Waals surface area contributed by atoms with Gasteiger partial charge in [-0.1, -0.05) is 25.5 Å². The van der Waals surface area contributed by atoms with Crippen molar-refractivity contribution in [2.75, 3.05) is 13.7 Å². The number of fused-ring (bicyclic) bond motifs is 3. The molecule has 1 unspecified atom stereocenters. The Kier molecular flexibility index (Phi) is 3.97. The van der Waals surface area contributed by atoms with Crippen LogP contribution in [0, 0.1) is 0 Å². The van der Waals surface area contributed by atoms with Crippen molar-refractivity contribution < 1.29 is 4.74 Å². The second-order valence-corrected chi connectivity index (χ2v) is 5.65. The van der Waals surface area contributed by atoms with E-state index in [1.54, 1.807) is 7.11 Å². The highest BCUT2D eigenvalue weighted by Gasteiger charge is 2.23. The maximum atomic E-state index is 5.50. The number of aromatic amines is 1. The van der Waals surface area contributed by atoms with Gasteiger partial charge in [0.2, 0.25) is 0 Å². The van der Waals surface area contributed by atoms with E-state index in [1.807, 2.05) is 6.07 Å². The standard InChI is InChI=1S/C17H24N2O/c1-3-11-18-13-8-4-5-9-14-16(13)12-7-6-10-15(20-2)17(12)19-14/h6-7,10,13,18-19H,3-5,8-9,11H2,1-2H3. The Morgan fingerprint density at radius 1 is 1.35 bits per heavy atom. The van der Waals surface area contributed by atoms with Gasteiger partial charge in [0.05, 0.1) is 12.6 Å². The van der Waals surface area contributed by atoms with Crippen molar-refractivity contribution in [2.45, 2.75) is 45.1 Å². The Morgan fingerprint density at radius 2 is 2.25 bits per heavy atom. The van der Waals surface area contributed by atoms with E-state index in [0.717, 1.165) is 24.2 Å². The summed E-state index contributed by atoms with van der Waals surface area (Å²) in [5.41, 5.74) is 4.03. The minimum Gasteiger partial charge on any atom is -0.495 e.